The zero-order chi connectivity index (χ0) is 13.6. The molecular weight excluding hydrogens is 232 g/mol. The first kappa shape index (κ1) is 14.6. The van der Waals surface area contributed by atoms with E-state index in [1.54, 1.807) is 33.3 Å². The van der Waals surface area contributed by atoms with Gasteiger partial charge in [0.2, 0.25) is 5.75 Å². The molecule has 0 saturated carbocycles. The Labute approximate surface area is 108 Å². The van der Waals surface area contributed by atoms with Crippen molar-refractivity contribution in [3.8, 4) is 17.2 Å². The SMILES string of the molecule is CCCC(C)(O)COc1c(OC)cccc1OC. The number of para-hydroxylation sites is 1. The van der Waals surface area contributed by atoms with E-state index < -0.39 is 5.60 Å². The first-order valence-corrected chi connectivity index (χ1v) is 6.10. The van der Waals surface area contributed by atoms with Crippen LogP contribution in [0.25, 0.3) is 0 Å². The minimum atomic E-state index is -0.847. The summed E-state index contributed by atoms with van der Waals surface area (Å²) in [4.78, 5) is 0. The van der Waals surface area contributed by atoms with E-state index in [-0.39, 0.29) is 6.61 Å². The molecule has 0 radical (unpaired) electrons. The Morgan fingerprint density at radius 2 is 1.72 bits per heavy atom. The van der Waals surface area contributed by atoms with Gasteiger partial charge in [0.05, 0.1) is 19.8 Å². The second kappa shape index (κ2) is 6.50. The van der Waals surface area contributed by atoms with Gasteiger partial charge in [-0.2, -0.15) is 0 Å². The molecule has 18 heavy (non-hydrogen) atoms. The zero-order valence-electron chi connectivity index (χ0n) is 11.5. The van der Waals surface area contributed by atoms with Gasteiger partial charge in [0.15, 0.2) is 11.5 Å². The van der Waals surface area contributed by atoms with E-state index in [9.17, 15) is 5.11 Å². The van der Waals surface area contributed by atoms with E-state index in [4.69, 9.17) is 14.2 Å². The van der Waals surface area contributed by atoms with Gasteiger partial charge in [-0.05, 0) is 25.5 Å². The summed E-state index contributed by atoms with van der Waals surface area (Å²) in [6, 6.07) is 5.42. The van der Waals surface area contributed by atoms with Crippen LogP contribution in [0, 0.1) is 0 Å². The monoisotopic (exact) mass is 254 g/mol. The largest absolute Gasteiger partial charge is 0.493 e. The molecule has 0 aliphatic carbocycles. The van der Waals surface area contributed by atoms with Gasteiger partial charge in [-0.3, -0.25) is 0 Å². The van der Waals surface area contributed by atoms with Crippen molar-refractivity contribution in [2.45, 2.75) is 32.3 Å². The van der Waals surface area contributed by atoms with Crippen LogP contribution >= 0.6 is 0 Å². The van der Waals surface area contributed by atoms with Crippen molar-refractivity contribution in [3.05, 3.63) is 18.2 Å². The molecule has 0 aliphatic rings. The highest BCUT2D eigenvalue weighted by atomic mass is 16.5. The van der Waals surface area contributed by atoms with Crippen LogP contribution in [-0.4, -0.2) is 31.5 Å². The molecule has 0 bridgehead atoms. The van der Waals surface area contributed by atoms with Gasteiger partial charge >= 0.3 is 0 Å². The van der Waals surface area contributed by atoms with Crippen molar-refractivity contribution in [1.82, 2.24) is 0 Å². The standard InChI is InChI=1S/C14H22O4/c1-5-9-14(2,15)10-18-13-11(16-3)7-6-8-12(13)17-4/h6-8,15H,5,9-10H2,1-4H3. The molecule has 0 spiro atoms. The molecule has 1 unspecified atom stereocenters. The fourth-order valence-electron chi connectivity index (χ4n) is 1.80. The maximum atomic E-state index is 10.1. The van der Waals surface area contributed by atoms with Crippen molar-refractivity contribution in [3.63, 3.8) is 0 Å². The van der Waals surface area contributed by atoms with Crippen LogP contribution in [0.15, 0.2) is 18.2 Å². The smallest absolute Gasteiger partial charge is 0.203 e. The highest BCUT2D eigenvalue weighted by molar-refractivity contribution is 5.51. The van der Waals surface area contributed by atoms with Crippen molar-refractivity contribution < 1.29 is 19.3 Å². The lowest BCUT2D eigenvalue weighted by Crippen LogP contribution is -2.32. The van der Waals surface area contributed by atoms with Crippen LogP contribution in [0.5, 0.6) is 17.2 Å². The summed E-state index contributed by atoms with van der Waals surface area (Å²) in [6.45, 7) is 3.99. The maximum absolute atomic E-state index is 10.1. The van der Waals surface area contributed by atoms with Gasteiger partial charge < -0.3 is 19.3 Å². The minimum Gasteiger partial charge on any atom is -0.493 e. The number of aliphatic hydroxyl groups is 1. The second-order valence-electron chi connectivity index (χ2n) is 4.53. The molecule has 1 aromatic rings. The summed E-state index contributed by atoms with van der Waals surface area (Å²) in [5, 5.41) is 10.1. The van der Waals surface area contributed by atoms with Crippen LogP contribution in [-0.2, 0) is 0 Å². The molecule has 102 valence electrons. The summed E-state index contributed by atoms with van der Waals surface area (Å²) >= 11 is 0. The Bertz CT molecular complexity index is 352. The zero-order valence-corrected chi connectivity index (χ0v) is 11.5. The van der Waals surface area contributed by atoms with Gasteiger partial charge in [0, 0.05) is 0 Å². The number of hydrogen-bond acceptors (Lipinski definition) is 4. The topological polar surface area (TPSA) is 47.9 Å². The summed E-state index contributed by atoms with van der Waals surface area (Å²) in [6.07, 6.45) is 1.59. The van der Waals surface area contributed by atoms with Crippen LogP contribution in [0.3, 0.4) is 0 Å². The van der Waals surface area contributed by atoms with Crippen molar-refractivity contribution >= 4 is 0 Å². The predicted octanol–water partition coefficient (Wildman–Crippen LogP) is 2.63. The Kier molecular flexibility index (Phi) is 5.28. The minimum absolute atomic E-state index is 0.206. The van der Waals surface area contributed by atoms with Crippen molar-refractivity contribution in [1.29, 1.82) is 0 Å². The number of rotatable bonds is 7. The average Bonchev–Trinajstić information content (AvgIpc) is 2.35. The third-order valence-electron chi connectivity index (χ3n) is 2.70. The van der Waals surface area contributed by atoms with E-state index in [0.29, 0.717) is 23.7 Å². The third kappa shape index (κ3) is 3.81. The Hall–Kier alpha value is -1.42. The quantitative estimate of drug-likeness (QED) is 0.812. The molecule has 4 nitrogen and oxygen atoms in total. The van der Waals surface area contributed by atoms with E-state index >= 15 is 0 Å². The molecule has 0 amide bonds. The molecule has 1 rings (SSSR count). The second-order valence-corrected chi connectivity index (χ2v) is 4.53. The van der Waals surface area contributed by atoms with Crippen molar-refractivity contribution in [2.24, 2.45) is 0 Å². The van der Waals surface area contributed by atoms with Gasteiger partial charge in [-0.15, -0.1) is 0 Å². The summed E-state index contributed by atoms with van der Waals surface area (Å²) in [5.41, 5.74) is -0.847. The van der Waals surface area contributed by atoms with Crippen molar-refractivity contribution in [2.75, 3.05) is 20.8 Å². The third-order valence-corrected chi connectivity index (χ3v) is 2.70. The molecule has 1 atom stereocenters. The van der Waals surface area contributed by atoms with Crippen LogP contribution in [0.4, 0.5) is 0 Å². The maximum Gasteiger partial charge on any atom is 0.203 e. The van der Waals surface area contributed by atoms with Gasteiger partial charge in [0.25, 0.3) is 0 Å². The molecular formula is C14H22O4. The molecule has 1 aromatic carbocycles. The lowest BCUT2D eigenvalue weighted by Gasteiger charge is -2.24. The van der Waals surface area contributed by atoms with E-state index in [1.165, 1.54) is 0 Å². The molecule has 0 aromatic heterocycles. The highest BCUT2D eigenvalue weighted by Crippen LogP contribution is 2.37. The lowest BCUT2D eigenvalue weighted by molar-refractivity contribution is 0.00245. The first-order valence-electron chi connectivity index (χ1n) is 6.10. The predicted molar refractivity (Wildman–Crippen MR) is 70.6 cm³/mol. The normalized spacial score (nSPS) is 13.8. The molecule has 0 fully saturated rings. The fourth-order valence-corrected chi connectivity index (χ4v) is 1.80. The molecule has 4 heteroatoms. The summed E-state index contributed by atoms with van der Waals surface area (Å²) in [7, 11) is 3.15. The van der Waals surface area contributed by atoms with Gasteiger partial charge in [-0.1, -0.05) is 19.4 Å². The number of benzene rings is 1. The Morgan fingerprint density at radius 3 is 2.17 bits per heavy atom. The molecule has 0 saturated heterocycles. The Balaban J connectivity index is 2.83. The number of methoxy groups -OCH3 is 2. The van der Waals surface area contributed by atoms with E-state index in [2.05, 4.69) is 0 Å². The van der Waals surface area contributed by atoms with Crippen LogP contribution in [0.2, 0.25) is 0 Å². The lowest BCUT2D eigenvalue weighted by atomic mass is 10.0. The summed E-state index contributed by atoms with van der Waals surface area (Å²) < 4.78 is 16.1. The van der Waals surface area contributed by atoms with E-state index in [0.717, 1.165) is 6.42 Å². The molecule has 0 heterocycles. The average molecular weight is 254 g/mol. The molecule has 0 aliphatic heterocycles. The fraction of sp³-hybridized carbons (Fsp3) is 0.571. The van der Waals surface area contributed by atoms with Crippen LogP contribution < -0.4 is 14.2 Å². The summed E-state index contributed by atoms with van der Waals surface area (Å²) in [5.74, 6) is 1.72. The van der Waals surface area contributed by atoms with Gasteiger partial charge in [0.1, 0.15) is 6.61 Å². The van der Waals surface area contributed by atoms with Crippen LogP contribution in [0.1, 0.15) is 26.7 Å². The van der Waals surface area contributed by atoms with Gasteiger partial charge in [-0.25, -0.2) is 0 Å². The Morgan fingerprint density at radius 1 is 1.17 bits per heavy atom. The van der Waals surface area contributed by atoms with E-state index in [1.807, 2.05) is 13.0 Å². The molecule has 1 N–H and O–H groups in total. The number of hydrogen-bond donors (Lipinski definition) is 1. The first-order chi connectivity index (χ1) is 8.54. The highest BCUT2D eigenvalue weighted by Gasteiger charge is 2.22. The number of ether oxygens (including phenoxy) is 3.